The second-order valence-corrected chi connectivity index (χ2v) is 9.91. The van der Waals surface area contributed by atoms with E-state index in [1.807, 2.05) is 30.3 Å². The summed E-state index contributed by atoms with van der Waals surface area (Å²) in [6.07, 6.45) is 16.4. The summed E-state index contributed by atoms with van der Waals surface area (Å²) in [7, 11) is 0. The van der Waals surface area contributed by atoms with E-state index in [0.717, 1.165) is 44.1 Å². The predicted octanol–water partition coefficient (Wildman–Crippen LogP) is 6.39. The van der Waals surface area contributed by atoms with E-state index in [2.05, 4.69) is 0 Å². The average molecular weight is 502 g/mol. The van der Waals surface area contributed by atoms with Crippen LogP contribution >= 0.6 is 0 Å². The van der Waals surface area contributed by atoms with Gasteiger partial charge in [0.2, 0.25) is 0 Å². The number of unbranched alkanes of at least 4 members (excludes halogenated alkanes) is 12. The fourth-order valence-corrected chi connectivity index (χ4v) is 4.64. The maximum Gasteiger partial charge on any atom is 0.336 e. The number of hydrogen-bond donors (Lipinski definition) is 1. The maximum absolute atomic E-state index is 12.8. The molecule has 2 amide bonds. The summed E-state index contributed by atoms with van der Waals surface area (Å²) in [4.78, 5) is 52.2. The van der Waals surface area contributed by atoms with Gasteiger partial charge in [-0.25, -0.2) is 4.79 Å². The number of hydrogen-bond acceptors (Lipinski definition) is 5. The van der Waals surface area contributed by atoms with Crippen LogP contribution in [0.5, 0.6) is 0 Å². The molecule has 1 aromatic carbocycles. The number of carboxylic acids is 1. The van der Waals surface area contributed by atoms with Gasteiger partial charge in [0, 0.05) is 19.3 Å². The van der Waals surface area contributed by atoms with Crippen LogP contribution in [0.15, 0.2) is 30.3 Å². The van der Waals surface area contributed by atoms with Crippen LogP contribution in [0.1, 0.15) is 115 Å². The standard InChI is InChI=1S/C29H43NO6/c31-26-21-22-27(32)30(26)36-29(35)25(23-24-17-13-12-14-18-24)19-15-10-8-6-4-2-1-3-5-7-9-11-16-20-28(33)34/h12-14,17-18,25H,1-11,15-16,19-23H2,(H,33,34). The third kappa shape index (κ3) is 12.3. The van der Waals surface area contributed by atoms with Crippen molar-refractivity contribution in [3.8, 4) is 0 Å². The molecule has 0 radical (unpaired) electrons. The molecule has 0 saturated carbocycles. The number of carboxylic acid groups (broad SMARTS) is 1. The Labute approximate surface area is 215 Å². The number of carbonyl (C=O) groups is 4. The van der Waals surface area contributed by atoms with Gasteiger partial charge in [0.05, 0.1) is 5.92 Å². The molecule has 1 aliphatic rings. The summed E-state index contributed by atoms with van der Waals surface area (Å²) < 4.78 is 0. The molecule has 7 heteroatoms. The molecule has 0 aromatic heterocycles. The number of nitrogens with zero attached hydrogens (tertiary/aromatic N) is 1. The van der Waals surface area contributed by atoms with Crippen molar-refractivity contribution in [1.29, 1.82) is 0 Å². The molecule has 0 spiro atoms. The predicted molar refractivity (Wildman–Crippen MR) is 138 cm³/mol. The fraction of sp³-hybridized carbons (Fsp3) is 0.655. The lowest BCUT2D eigenvalue weighted by Crippen LogP contribution is -2.35. The lowest BCUT2D eigenvalue weighted by atomic mass is 9.93. The zero-order chi connectivity index (χ0) is 26.0. The number of aliphatic carboxylic acids is 1. The molecule has 2 rings (SSSR count). The van der Waals surface area contributed by atoms with E-state index in [-0.39, 0.29) is 18.8 Å². The smallest absolute Gasteiger partial charge is 0.336 e. The number of rotatable bonds is 20. The van der Waals surface area contributed by atoms with Gasteiger partial charge in [-0.2, -0.15) is 0 Å². The molecule has 1 atom stereocenters. The third-order valence-electron chi connectivity index (χ3n) is 6.79. The van der Waals surface area contributed by atoms with Crippen LogP contribution in [0, 0.1) is 5.92 Å². The van der Waals surface area contributed by atoms with Gasteiger partial charge in [-0.3, -0.25) is 14.4 Å². The highest BCUT2D eigenvalue weighted by Gasteiger charge is 2.34. The van der Waals surface area contributed by atoms with Gasteiger partial charge >= 0.3 is 11.9 Å². The summed E-state index contributed by atoms with van der Waals surface area (Å²) in [6, 6.07) is 9.77. The van der Waals surface area contributed by atoms with Crippen molar-refractivity contribution in [3.05, 3.63) is 35.9 Å². The molecular weight excluding hydrogens is 458 g/mol. The van der Waals surface area contributed by atoms with E-state index >= 15 is 0 Å². The second kappa shape index (κ2) is 17.7. The molecular formula is C29H43NO6. The largest absolute Gasteiger partial charge is 0.481 e. The summed E-state index contributed by atoms with van der Waals surface area (Å²) in [5.74, 6) is -2.45. The monoisotopic (exact) mass is 501 g/mol. The van der Waals surface area contributed by atoms with Crippen molar-refractivity contribution < 1.29 is 29.1 Å². The first-order valence-corrected chi connectivity index (χ1v) is 13.8. The van der Waals surface area contributed by atoms with E-state index < -0.39 is 23.8 Å². The minimum absolute atomic E-state index is 0.101. The van der Waals surface area contributed by atoms with Crippen LogP contribution in [0.25, 0.3) is 0 Å². The number of hydroxylamine groups is 2. The lowest BCUT2D eigenvalue weighted by molar-refractivity contribution is -0.200. The summed E-state index contributed by atoms with van der Waals surface area (Å²) in [6.45, 7) is 0. The van der Waals surface area contributed by atoms with Gasteiger partial charge in [0.15, 0.2) is 0 Å². The Hall–Kier alpha value is -2.70. The van der Waals surface area contributed by atoms with Crippen molar-refractivity contribution in [3.63, 3.8) is 0 Å². The molecule has 1 aromatic rings. The molecule has 1 fully saturated rings. The van der Waals surface area contributed by atoms with Crippen molar-refractivity contribution in [2.24, 2.45) is 5.92 Å². The van der Waals surface area contributed by atoms with E-state index in [1.54, 1.807) is 0 Å². The first-order valence-electron chi connectivity index (χ1n) is 13.8. The Kier molecular flexibility index (Phi) is 14.5. The van der Waals surface area contributed by atoms with Gasteiger partial charge in [0.1, 0.15) is 0 Å². The van der Waals surface area contributed by atoms with E-state index in [9.17, 15) is 19.2 Å². The zero-order valence-corrected chi connectivity index (χ0v) is 21.6. The minimum Gasteiger partial charge on any atom is -0.481 e. The molecule has 200 valence electrons. The number of carbonyl (C=O) groups excluding carboxylic acids is 3. The molecule has 0 aliphatic carbocycles. The number of benzene rings is 1. The van der Waals surface area contributed by atoms with Crippen molar-refractivity contribution in [1.82, 2.24) is 5.06 Å². The maximum atomic E-state index is 12.8. The molecule has 1 N–H and O–H groups in total. The van der Waals surface area contributed by atoms with E-state index in [4.69, 9.17) is 9.94 Å². The van der Waals surface area contributed by atoms with E-state index in [1.165, 1.54) is 44.9 Å². The first kappa shape index (κ1) is 29.5. The zero-order valence-electron chi connectivity index (χ0n) is 21.6. The number of amides is 2. The molecule has 0 bridgehead atoms. The van der Waals surface area contributed by atoms with Gasteiger partial charge in [-0.15, -0.1) is 5.06 Å². The van der Waals surface area contributed by atoms with Crippen molar-refractivity contribution in [2.45, 2.75) is 116 Å². The van der Waals surface area contributed by atoms with Crippen LogP contribution < -0.4 is 0 Å². The Bertz CT molecular complexity index is 793. The molecule has 1 saturated heterocycles. The summed E-state index contributed by atoms with van der Waals surface area (Å²) in [5.41, 5.74) is 1.04. The van der Waals surface area contributed by atoms with Crippen LogP contribution in [-0.4, -0.2) is 33.9 Å². The van der Waals surface area contributed by atoms with Gasteiger partial charge < -0.3 is 9.94 Å². The molecule has 7 nitrogen and oxygen atoms in total. The molecule has 1 unspecified atom stereocenters. The molecule has 36 heavy (non-hydrogen) atoms. The highest BCUT2D eigenvalue weighted by atomic mass is 16.7. The van der Waals surface area contributed by atoms with E-state index in [0.29, 0.717) is 24.3 Å². The highest BCUT2D eigenvalue weighted by Crippen LogP contribution is 2.21. The number of imide groups is 1. The van der Waals surface area contributed by atoms with Gasteiger partial charge in [-0.05, 0) is 24.8 Å². The first-order chi connectivity index (χ1) is 17.5. The van der Waals surface area contributed by atoms with Crippen LogP contribution in [0.2, 0.25) is 0 Å². The quantitative estimate of drug-likeness (QED) is 0.164. The normalized spacial score (nSPS) is 14.3. The van der Waals surface area contributed by atoms with Gasteiger partial charge in [0.25, 0.3) is 11.8 Å². The Balaban J connectivity index is 1.56. The summed E-state index contributed by atoms with van der Waals surface area (Å²) in [5, 5.41) is 9.28. The average Bonchev–Trinajstić information content (AvgIpc) is 3.18. The molecule has 1 aliphatic heterocycles. The summed E-state index contributed by atoms with van der Waals surface area (Å²) >= 11 is 0. The minimum atomic E-state index is -0.697. The van der Waals surface area contributed by atoms with Crippen LogP contribution in [0.3, 0.4) is 0 Å². The topological polar surface area (TPSA) is 101 Å². The Morgan fingerprint density at radius 3 is 1.72 bits per heavy atom. The van der Waals surface area contributed by atoms with Crippen LogP contribution in [0.4, 0.5) is 0 Å². The molecule has 1 heterocycles. The van der Waals surface area contributed by atoms with Crippen molar-refractivity contribution in [2.75, 3.05) is 0 Å². The highest BCUT2D eigenvalue weighted by molar-refractivity contribution is 6.01. The second-order valence-electron chi connectivity index (χ2n) is 9.91. The van der Waals surface area contributed by atoms with Crippen LogP contribution in [-0.2, 0) is 30.4 Å². The van der Waals surface area contributed by atoms with Gasteiger partial charge in [-0.1, -0.05) is 107 Å². The third-order valence-corrected chi connectivity index (χ3v) is 6.79. The fourth-order valence-electron chi connectivity index (χ4n) is 4.64. The SMILES string of the molecule is O=C(O)CCCCCCCCCCCCCCCC(Cc1ccccc1)C(=O)ON1C(=O)CCC1=O. The van der Waals surface area contributed by atoms with Crippen molar-refractivity contribution >= 4 is 23.8 Å². The Morgan fingerprint density at radius 2 is 1.22 bits per heavy atom. The Morgan fingerprint density at radius 1 is 0.750 bits per heavy atom. The lowest BCUT2D eigenvalue weighted by Gasteiger charge is -2.19.